The van der Waals surface area contributed by atoms with Crippen molar-refractivity contribution in [2.24, 2.45) is 5.73 Å². The first-order valence-corrected chi connectivity index (χ1v) is 6.23. The predicted molar refractivity (Wildman–Crippen MR) is 65.0 cm³/mol. The third kappa shape index (κ3) is 5.83. The number of nitrogens with one attached hydrogen (secondary N) is 2. The quantitative estimate of drug-likeness (QED) is 0.481. The van der Waals surface area contributed by atoms with Crippen molar-refractivity contribution in [2.45, 2.75) is 44.4 Å². The fraction of sp³-hybridized carbons (Fsp3) is 0.818. The van der Waals surface area contributed by atoms with Crippen molar-refractivity contribution in [3.63, 3.8) is 0 Å². The Kier molecular flexibility index (Phi) is 6.45. The first-order valence-electron chi connectivity index (χ1n) is 6.23. The molecule has 1 saturated heterocycles. The Morgan fingerprint density at radius 1 is 1.44 bits per heavy atom. The number of hydrogen-bond donors (Lipinski definition) is 4. The molecular weight excluding hydrogens is 238 g/mol. The maximum Gasteiger partial charge on any atom is 0.320 e. The molecule has 0 bridgehead atoms. The van der Waals surface area contributed by atoms with Crippen LogP contribution in [-0.4, -0.2) is 42.5 Å². The minimum Gasteiger partial charge on any atom is -0.480 e. The van der Waals surface area contributed by atoms with E-state index in [4.69, 9.17) is 15.6 Å². The second-order valence-corrected chi connectivity index (χ2v) is 4.35. The van der Waals surface area contributed by atoms with Crippen LogP contribution in [0.25, 0.3) is 0 Å². The van der Waals surface area contributed by atoms with Crippen LogP contribution in [0.4, 0.5) is 4.79 Å². The van der Waals surface area contributed by atoms with Gasteiger partial charge >= 0.3 is 12.0 Å². The highest BCUT2D eigenvalue weighted by molar-refractivity contribution is 5.73. The van der Waals surface area contributed by atoms with Gasteiger partial charge in [0.1, 0.15) is 12.3 Å². The van der Waals surface area contributed by atoms with Gasteiger partial charge in [0.15, 0.2) is 0 Å². The van der Waals surface area contributed by atoms with Gasteiger partial charge in [-0.05, 0) is 32.1 Å². The molecular formula is C11H21N3O4. The van der Waals surface area contributed by atoms with Gasteiger partial charge < -0.3 is 20.9 Å². The van der Waals surface area contributed by atoms with E-state index >= 15 is 0 Å². The third-order valence-electron chi connectivity index (χ3n) is 2.83. The average molecular weight is 259 g/mol. The first-order chi connectivity index (χ1) is 8.59. The summed E-state index contributed by atoms with van der Waals surface area (Å²) < 4.78 is 5.44. The summed E-state index contributed by atoms with van der Waals surface area (Å²) >= 11 is 0. The molecule has 0 aromatic carbocycles. The molecule has 1 aliphatic heterocycles. The van der Waals surface area contributed by atoms with Crippen molar-refractivity contribution in [3.8, 4) is 0 Å². The molecule has 1 heterocycles. The zero-order valence-corrected chi connectivity index (χ0v) is 10.4. The number of carboxylic acid groups (broad SMARTS) is 1. The van der Waals surface area contributed by atoms with Crippen molar-refractivity contribution < 1.29 is 19.4 Å². The van der Waals surface area contributed by atoms with E-state index in [1.165, 1.54) is 0 Å². The number of urea groups is 1. The third-order valence-corrected chi connectivity index (χ3v) is 2.83. The van der Waals surface area contributed by atoms with Crippen LogP contribution in [0.1, 0.15) is 32.1 Å². The normalized spacial score (nSPS) is 21.2. The number of nitrogens with two attached hydrogens (primary N) is 1. The van der Waals surface area contributed by atoms with Gasteiger partial charge in [-0.25, -0.2) is 4.79 Å². The molecule has 0 aromatic heterocycles. The zero-order valence-electron chi connectivity index (χ0n) is 10.4. The molecule has 7 heteroatoms. The van der Waals surface area contributed by atoms with Crippen LogP contribution in [0.5, 0.6) is 0 Å². The minimum absolute atomic E-state index is 0.177. The molecule has 1 aliphatic rings. The Balaban J connectivity index is 2.25. The molecule has 0 spiro atoms. The Hall–Kier alpha value is -1.34. The van der Waals surface area contributed by atoms with E-state index < -0.39 is 18.0 Å². The van der Waals surface area contributed by atoms with E-state index in [0.717, 1.165) is 19.3 Å². The summed E-state index contributed by atoms with van der Waals surface area (Å²) in [5, 5.41) is 14.5. The summed E-state index contributed by atoms with van der Waals surface area (Å²) in [7, 11) is 0. The Morgan fingerprint density at radius 3 is 2.78 bits per heavy atom. The molecule has 2 amide bonds. The molecule has 104 valence electrons. The second-order valence-electron chi connectivity index (χ2n) is 4.35. The number of rotatable bonds is 7. The fourth-order valence-corrected chi connectivity index (χ4v) is 1.89. The molecule has 7 nitrogen and oxygen atoms in total. The summed E-state index contributed by atoms with van der Waals surface area (Å²) in [6.45, 7) is 1.06. The van der Waals surface area contributed by atoms with Crippen molar-refractivity contribution in [3.05, 3.63) is 0 Å². The molecule has 2 atom stereocenters. The van der Waals surface area contributed by atoms with Crippen LogP contribution in [0, 0.1) is 0 Å². The number of primary amides is 1. The maximum atomic E-state index is 11.1. The molecule has 1 unspecified atom stereocenters. The lowest BCUT2D eigenvalue weighted by Crippen LogP contribution is -2.46. The fourth-order valence-electron chi connectivity index (χ4n) is 1.89. The molecule has 1 fully saturated rings. The average Bonchev–Trinajstić information content (AvgIpc) is 2.33. The Morgan fingerprint density at radius 2 is 2.22 bits per heavy atom. The number of carbonyl (C=O) groups is 2. The highest BCUT2D eigenvalue weighted by Gasteiger charge is 2.22. The van der Waals surface area contributed by atoms with Gasteiger partial charge in [-0.2, -0.15) is 0 Å². The van der Waals surface area contributed by atoms with Gasteiger partial charge in [0, 0.05) is 13.2 Å². The molecule has 0 saturated carbocycles. The van der Waals surface area contributed by atoms with Gasteiger partial charge in [-0.1, -0.05) is 0 Å². The van der Waals surface area contributed by atoms with E-state index in [2.05, 4.69) is 10.6 Å². The number of aliphatic carboxylic acids is 1. The maximum absolute atomic E-state index is 11.1. The molecule has 1 rings (SSSR count). The highest BCUT2D eigenvalue weighted by Crippen LogP contribution is 2.12. The molecule has 0 aromatic rings. The summed E-state index contributed by atoms with van der Waals surface area (Å²) in [5.74, 6) is -0.900. The standard InChI is InChI=1S/C11H21N3O4/c12-11(17)13-6-3-4-8(10(15)16)14-9-5-1-2-7-18-9/h8-9,14H,1-7H2,(H,15,16)(H3,12,13,17)/t8-,9?/m0/s1. The van der Waals surface area contributed by atoms with E-state index in [1.807, 2.05) is 0 Å². The SMILES string of the molecule is NC(=O)NCCC[C@H](NC1CCCCO1)C(=O)O. The Bertz CT molecular complexity index is 279. The van der Waals surface area contributed by atoms with Crippen LogP contribution < -0.4 is 16.4 Å². The number of ether oxygens (including phenoxy) is 1. The van der Waals surface area contributed by atoms with E-state index in [0.29, 0.717) is 26.0 Å². The zero-order chi connectivity index (χ0) is 13.4. The number of carboxylic acids is 1. The van der Waals surface area contributed by atoms with Crippen molar-refractivity contribution >= 4 is 12.0 Å². The summed E-state index contributed by atoms with van der Waals surface area (Å²) in [5.41, 5.74) is 4.92. The number of amides is 2. The van der Waals surface area contributed by atoms with Crippen LogP contribution in [-0.2, 0) is 9.53 Å². The summed E-state index contributed by atoms with van der Waals surface area (Å²) in [6, 6.07) is -1.24. The topological polar surface area (TPSA) is 114 Å². The summed E-state index contributed by atoms with van der Waals surface area (Å²) in [4.78, 5) is 21.5. The van der Waals surface area contributed by atoms with Crippen LogP contribution in [0.3, 0.4) is 0 Å². The molecule has 0 aliphatic carbocycles. The van der Waals surface area contributed by atoms with Crippen LogP contribution in [0.2, 0.25) is 0 Å². The van der Waals surface area contributed by atoms with Crippen LogP contribution >= 0.6 is 0 Å². The van der Waals surface area contributed by atoms with Gasteiger partial charge in [0.2, 0.25) is 0 Å². The highest BCUT2D eigenvalue weighted by atomic mass is 16.5. The molecule has 18 heavy (non-hydrogen) atoms. The second kappa shape index (κ2) is 7.88. The predicted octanol–water partition coefficient (Wildman–Crippen LogP) is 0.00430. The lowest BCUT2D eigenvalue weighted by Gasteiger charge is -2.26. The Labute approximate surface area is 106 Å². The van der Waals surface area contributed by atoms with Gasteiger partial charge in [0.05, 0.1) is 0 Å². The van der Waals surface area contributed by atoms with Crippen molar-refractivity contribution in [2.75, 3.05) is 13.2 Å². The minimum atomic E-state index is -0.900. The van der Waals surface area contributed by atoms with Crippen molar-refractivity contribution in [1.82, 2.24) is 10.6 Å². The smallest absolute Gasteiger partial charge is 0.320 e. The van der Waals surface area contributed by atoms with E-state index in [9.17, 15) is 9.59 Å². The molecule has 5 N–H and O–H groups in total. The van der Waals surface area contributed by atoms with Gasteiger partial charge in [-0.3, -0.25) is 10.1 Å². The van der Waals surface area contributed by atoms with Gasteiger partial charge in [0.25, 0.3) is 0 Å². The van der Waals surface area contributed by atoms with Crippen LogP contribution in [0.15, 0.2) is 0 Å². The lowest BCUT2D eigenvalue weighted by atomic mass is 10.1. The van der Waals surface area contributed by atoms with Gasteiger partial charge in [-0.15, -0.1) is 0 Å². The summed E-state index contributed by atoms with van der Waals surface area (Å²) in [6.07, 6.45) is 3.72. The van der Waals surface area contributed by atoms with E-state index in [-0.39, 0.29) is 6.23 Å². The first kappa shape index (κ1) is 14.7. The largest absolute Gasteiger partial charge is 0.480 e. The van der Waals surface area contributed by atoms with E-state index in [1.54, 1.807) is 0 Å². The number of carbonyl (C=O) groups excluding carboxylic acids is 1. The van der Waals surface area contributed by atoms with Crippen molar-refractivity contribution in [1.29, 1.82) is 0 Å². The lowest BCUT2D eigenvalue weighted by molar-refractivity contribution is -0.141. The monoisotopic (exact) mass is 259 g/mol. The molecule has 0 radical (unpaired) electrons. The number of hydrogen-bond acceptors (Lipinski definition) is 4.